The molecule has 0 aromatic heterocycles. The molecule has 3 nitrogen and oxygen atoms in total. The first-order chi connectivity index (χ1) is 8.72. The molecule has 18 heavy (non-hydrogen) atoms. The molecule has 102 valence electrons. The highest BCUT2D eigenvalue weighted by atomic mass is 79.9. The Balaban J connectivity index is 2.90. The SMILES string of the molecule is CCCCOc1c(Br)cc(CNC)cc1OCC. The summed E-state index contributed by atoms with van der Waals surface area (Å²) in [5.41, 5.74) is 1.18. The summed E-state index contributed by atoms with van der Waals surface area (Å²) in [6.07, 6.45) is 2.18. The maximum absolute atomic E-state index is 5.80. The van der Waals surface area contributed by atoms with Gasteiger partial charge in [-0.3, -0.25) is 0 Å². The van der Waals surface area contributed by atoms with Crippen molar-refractivity contribution in [3.05, 3.63) is 22.2 Å². The van der Waals surface area contributed by atoms with Gasteiger partial charge in [-0.15, -0.1) is 0 Å². The fraction of sp³-hybridized carbons (Fsp3) is 0.571. The summed E-state index contributed by atoms with van der Waals surface area (Å²) in [6, 6.07) is 4.10. The summed E-state index contributed by atoms with van der Waals surface area (Å²) in [5.74, 6) is 1.62. The first-order valence-electron chi connectivity index (χ1n) is 6.45. The van der Waals surface area contributed by atoms with Crippen LogP contribution in [0.2, 0.25) is 0 Å². The third kappa shape index (κ3) is 4.50. The minimum Gasteiger partial charge on any atom is -0.490 e. The van der Waals surface area contributed by atoms with Crippen LogP contribution in [0.15, 0.2) is 16.6 Å². The van der Waals surface area contributed by atoms with Crippen LogP contribution < -0.4 is 14.8 Å². The Morgan fingerprint density at radius 3 is 2.61 bits per heavy atom. The summed E-state index contributed by atoms with van der Waals surface area (Å²) in [6.45, 7) is 6.31. The topological polar surface area (TPSA) is 30.5 Å². The van der Waals surface area contributed by atoms with Crippen LogP contribution in [0.1, 0.15) is 32.3 Å². The summed E-state index contributed by atoms with van der Waals surface area (Å²) >= 11 is 3.56. The number of unbranched alkanes of at least 4 members (excludes halogenated alkanes) is 1. The van der Waals surface area contributed by atoms with E-state index >= 15 is 0 Å². The second kappa shape index (κ2) is 8.38. The molecule has 1 aromatic carbocycles. The molecular weight excluding hydrogens is 294 g/mol. The van der Waals surface area contributed by atoms with Crippen LogP contribution in [0.5, 0.6) is 11.5 Å². The number of ether oxygens (including phenoxy) is 2. The predicted octanol–water partition coefficient (Wildman–Crippen LogP) is 3.75. The number of hydrogen-bond donors (Lipinski definition) is 1. The molecule has 0 amide bonds. The lowest BCUT2D eigenvalue weighted by atomic mass is 10.2. The standard InChI is InChI=1S/C14H22BrNO2/c1-4-6-7-18-14-12(15)8-11(10-16-3)9-13(14)17-5-2/h8-9,16H,4-7,10H2,1-3H3. The van der Waals surface area contributed by atoms with E-state index in [2.05, 4.69) is 34.2 Å². The first kappa shape index (κ1) is 15.3. The van der Waals surface area contributed by atoms with Crippen LogP contribution in [-0.4, -0.2) is 20.3 Å². The van der Waals surface area contributed by atoms with Gasteiger partial charge >= 0.3 is 0 Å². The monoisotopic (exact) mass is 315 g/mol. The van der Waals surface area contributed by atoms with Gasteiger partial charge < -0.3 is 14.8 Å². The third-order valence-corrected chi connectivity index (χ3v) is 3.08. The molecule has 1 rings (SSSR count). The maximum Gasteiger partial charge on any atom is 0.175 e. The lowest BCUT2D eigenvalue weighted by molar-refractivity contribution is 0.271. The minimum absolute atomic E-state index is 0.638. The summed E-state index contributed by atoms with van der Waals surface area (Å²) < 4.78 is 12.4. The number of rotatable bonds is 8. The van der Waals surface area contributed by atoms with Gasteiger partial charge in [-0.2, -0.15) is 0 Å². The molecule has 0 aliphatic carbocycles. The van der Waals surface area contributed by atoms with Crippen LogP contribution in [0, 0.1) is 0 Å². The van der Waals surface area contributed by atoms with Crippen molar-refractivity contribution in [3.63, 3.8) is 0 Å². The van der Waals surface area contributed by atoms with E-state index in [1.165, 1.54) is 5.56 Å². The van der Waals surface area contributed by atoms with Crippen molar-refractivity contribution >= 4 is 15.9 Å². The quantitative estimate of drug-likeness (QED) is 0.741. The maximum atomic E-state index is 5.80. The molecule has 0 bridgehead atoms. The predicted molar refractivity (Wildman–Crippen MR) is 78.5 cm³/mol. The molecule has 1 aromatic rings. The fourth-order valence-corrected chi connectivity index (χ4v) is 2.25. The largest absolute Gasteiger partial charge is 0.490 e. The molecule has 0 radical (unpaired) electrons. The van der Waals surface area contributed by atoms with E-state index in [0.717, 1.165) is 42.0 Å². The Bertz CT molecular complexity index is 369. The van der Waals surface area contributed by atoms with Crippen molar-refractivity contribution in [3.8, 4) is 11.5 Å². The van der Waals surface area contributed by atoms with Gasteiger partial charge in [0.1, 0.15) is 0 Å². The van der Waals surface area contributed by atoms with Crippen LogP contribution >= 0.6 is 15.9 Å². The third-order valence-electron chi connectivity index (χ3n) is 2.49. The van der Waals surface area contributed by atoms with E-state index < -0.39 is 0 Å². The van der Waals surface area contributed by atoms with Gasteiger partial charge in [-0.1, -0.05) is 13.3 Å². The van der Waals surface area contributed by atoms with Gasteiger partial charge in [-0.05, 0) is 54.0 Å². The van der Waals surface area contributed by atoms with E-state index in [1.807, 2.05) is 20.0 Å². The Labute approximate surface area is 118 Å². The number of benzene rings is 1. The molecule has 0 aliphatic heterocycles. The highest BCUT2D eigenvalue weighted by Crippen LogP contribution is 2.37. The Kier molecular flexibility index (Phi) is 7.13. The van der Waals surface area contributed by atoms with Gasteiger partial charge in [0.2, 0.25) is 0 Å². The van der Waals surface area contributed by atoms with Crippen molar-refractivity contribution in [2.45, 2.75) is 33.2 Å². The average Bonchev–Trinajstić information content (AvgIpc) is 2.33. The van der Waals surface area contributed by atoms with E-state index in [0.29, 0.717) is 6.61 Å². The van der Waals surface area contributed by atoms with E-state index in [1.54, 1.807) is 0 Å². The molecule has 0 unspecified atom stereocenters. The summed E-state index contributed by atoms with van der Waals surface area (Å²) in [4.78, 5) is 0. The van der Waals surface area contributed by atoms with Crippen molar-refractivity contribution in [2.24, 2.45) is 0 Å². The Morgan fingerprint density at radius 1 is 1.22 bits per heavy atom. The average molecular weight is 316 g/mol. The molecule has 0 atom stereocenters. The zero-order chi connectivity index (χ0) is 13.4. The molecule has 1 N–H and O–H groups in total. The lowest BCUT2D eigenvalue weighted by Gasteiger charge is -2.15. The smallest absolute Gasteiger partial charge is 0.175 e. The number of hydrogen-bond acceptors (Lipinski definition) is 3. The van der Waals surface area contributed by atoms with E-state index in [4.69, 9.17) is 9.47 Å². The Hall–Kier alpha value is -0.740. The van der Waals surface area contributed by atoms with Crippen molar-refractivity contribution < 1.29 is 9.47 Å². The first-order valence-corrected chi connectivity index (χ1v) is 7.24. The normalized spacial score (nSPS) is 10.4. The fourth-order valence-electron chi connectivity index (χ4n) is 1.65. The van der Waals surface area contributed by atoms with Crippen molar-refractivity contribution in [2.75, 3.05) is 20.3 Å². The van der Waals surface area contributed by atoms with Crippen LogP contribution in [-0.2, 0) is 6.54 Å². The second-order valence-corrected chi connectivity index (χ2v) is 4.92. The summed E-state index contributed by atoms with van der Waals surface area (Å²) in [7, 11) is 1.93. The zero-order valence-corrected chi connectivity index (χ0v) is 13.0. The molecule has 0 fully saturated rings. The van der Waals surface area contributed by atoms with Gasteiger partial charge in [0.05, 0.1) is 17.7 Å². The van der Waals surface area contributed by atoms with E-state index in [-0.39, 0.29) is 0 Å². The van der Waals surface area contributed by atoms with E-state index in [9.17, 15) is 0 Å². The van der Waals surface area contributed by atoms with Crippen LogP contribution in [0.4, 0.5) is 0 Å². The van der Waals surface area contributed by atoms with Crippen molar-refractivity contribution in [1.29, 1.82) is 0 Å². The molecule has 0 heterocycles. The molecule has 0 aliphatic rings. The summed E-state index contributed by atoms with van der Waals surface area (Å²) in [5, 5.41) is 3.14. The molecule has 4 heteroatoms. The van der Waals surface area contributed by atoms with Gasteiger partial charge in [0.15, 0.2) is 11.5 Å². The van der Waals surface area contributed by atoms with Crippen LogP contribution in [0.3, 0.4) is 0 Å². The highest BCUT2D eigenvalue weighted by Gasteiger charge is 2.11. The second-order valence-electron chi connectivity index (χ2n) is 4.07. The molecule has 0 saturated heterocycles. The molecule has 0 spiro atoms. The number of nitrogens with one attached hydrogen (secondary N) is 1. The molecular formula is C14H22BrNO2. The highest BCUT2D eigenvalue weighted by molar-refractivity contribution is 9.10. The van der Waals surface area contributed by atoms with Crippen LogP contribution in [0.25, 0.3) is 0 Å². The van der Waals surface area contributed by atoms with Gasteiger partial charge in [-0.25, -0.2) is 0 Å². The lowest BCUT2D eigenvalue weighted by Crippen LogP contribution is -2.07. The Morgan fingerprint density at radius 2 is 2.00 bits per heavy atom. The number of halogens is 1. The molecule has 0 saturated carbocycles. The van der Waals surface area contributed by atoms with Crippen molar-refractivity contribution in [1.82, 2.24) is 5.32 Å². The minimum atomic E-state index is 0.638. The van der Waals surface area contributed by atoms with Gasteiger partial charge in [0.25, 0.3) is 0 Å². The van der Waals surface area contributed by atoms with Gasteiger partial charge in [0, 0.05) is 6.54 Å². The zero-order valence-electron chi connectivity index (χ0n) is 11.4.